The highest BCUT2D eigenvalue weighted by Gasteiger charge is 2.21. The standard InChI is InChI=1S/C15H12FN5O2/c16-12-4-2-1-3-11(12)9-21-6-5-10(8-21)7-13(22)14(23)15-17-19-20-18-15/h1-6,8H,7,9H2,(H,17,18,19,20). The molecule has 0 aliphatic heterocycles. The molecule has 0 atom stereocenters. The van der Waals surface area contributed by atoms with E-state index in [4.69, 9.17) is 0 Å². The van der Waals surface area contributed by atoms with Crippen molar-refractivity contribution in [3.05, 3.63) is 65.5 Å². The van der Waals surface area contributed by atoms with Gasteiger partial charge < -0.3 is 4.57 Å². The Labute approximate surface area is 130 Å². The molecule has 0 radical (unpaired) electrons. The number of hydrogen-bond acceptors (Lipinski definition) is 5. The molecule has 23 heavy (non-hydrogen) atoms. The highest BCUT2D eigenvalue weighted by molar-refractivity contribution is 6.43. The Morgan fingerprint density at radius 1 is 1.22 bits per heavy atom. The van der Waals surface area contributed by atoms with Crippen LogP contribution in [0.25, 0.3) is 0 Å². The monoisotopic (exact) mass is 313 g/mol. The number of aromatic amines is 1. The van der Waals surface area contributed by atoms with Crippen LogP contribution in [0.1, 0.15) is 21.7 Å². The molecule has 0 bridgehead atoms. The number of tetrazole rings is 1. The smallest absolute Gasteiger partial charge is 0.269 e. The summed E-state index contributed by atoms with van der Waals surface area (Å²) in [5, 5.41) is 12.3. The molecule has 0 saturated carbocycles. The summed E-state index contributed by atoms with van der Waals surface area (Å²) in [4.78, 5) is 23.7. The first-order valence-electron chi connectivity index (χ1n) is 6.82. The number of aromatic nitrogens is 5. The molecular formula is C15H12FN5O2. The van der Waals surface area contributed by atoms with Crippen LogP contribution in [-0.4, -0.2) is 36.8 Å². The number of Topliss-reactive ketones (excluding diaryl/α,β-unsaturated/α-hetero) is 2. The maximum absolute atomic E-state index is 13.6. The molecule has 0 fully saturated rings. The van der Waals surface area contributed by atoms with E-state index in [1.165, 1.54) is 6.07 Å². The molecule has 0 amide bonds. The van der Waals surface area contributed by atoms with Crippen molar-refractivity contribution in [2.75, 3.05) is 0 Å². The number of benzene rings is 1. The van der Waals surface area contributed by atoms with E-state index in [1.807, 2.05) is 0 Å². The minimum absolute atomic E-state index is 0.0718. The number of carbonyl (C=O) groups is 2. The molecular weight excluding hydrogens is 301 g/mol. The molecule has 3 aromatic rings. The van der Waals surface area contributed by atoms with Crippen LogP contribution in [0.3, 0.4) is 0 Å². The summed E-state index contributed by atoms with van der Waals surface area (Å²) >= 11 is 0. The van der Waals surface area contributed by atoms with E-state index in [2.05, 4.69) is 20.6 Å². The van der Waals surface area contributed by atoms with Crippen LogP contribution >= 0.6 is 0 Å². The van der Waals surface area contributed by atoms with Gasteiger partial charge in [0.15, 0.2) is 0 Å². The number of carbonyl (C=O) groups excluding carboxylic acids is 2. The third-order valence-corrected chi connectivity index (χ3v) is 3.29. The lowest BCUT2D eigenvalue weighted by Gasteiger charge is -2.04. The third kappa shape index (κ3) is 3.37. The van der Waals surface area contributed by atoms with Crippen LogP contribution in [-0.2, 0) is 17.8 Å². The summed E-state index contributed by atoms with van der Waals surface area (Å²) in [6.07, 6.45) is 3.36. The van der Waals surface area contributed by atoms with E-state index >= 15 is 0 Å². The fourth-order valence-electron chi connectivity index (χ4n) is 2.17. The summed E-state index contributed by atoms with van der Waals surface area (Å²) in [5.74, 6) is -1.96. The van der Waals surface area contributed by atoms with Gasteiger partial charge in [-0.15, -0.1) is 10.2 Å². The molecule has 2 aromatic heterocycles. The Kier molecular flexibility index (Phi) is 4.05. The number of nitrogens with zero attached hydrogens (tertiary/aromatic N) is 4. The van der Waals surface area contributed by atoms with Gasteiger partial charge >= 0.3 is 0 Å². The average Bonchev–Trinajstić information content (AvgIpc) is 3.21. The minimum atomic E-state index is -0.791. The minimum Gasteiger partial charge on any atom is -0.349 e. The van der Waals surface area contributed by atoms with E-state index in [0.29, 0.717) is 17.7 Å². The van der Waals surface area contributed by atoms with Crippen molar-refractivity contribution in [2.45, 2.75) is 13.0 Å². The first-order valence-corrected chi connectivity index (χ1v) is 6.82. The Balaban J connectivity index is 1.67. The Hall–Kier alpha value is -3.16. The van der Waals surface area contributed by atoms with Crippen molar-refractivity contribution < 1.29 is 14.0 Å². The Bertz CT molecular complexity index is 841. The lowest BCUT2D eigenvalue weighted by Crippen LogP contribution is -2.18. The number of hydrogen-bond donors (Lipinski definition) is 1. The molecule has 7 nitrogen and oxygen atoms in total. The van der Waals surface area contributed by atoms with Crippen LogP contribution in [0.5, 0.6) is 0 Å². The zero-order valence-corrected chi connectivity index (χ0v) is 11.9. The first kappa shape index (κ1) is 14.8. The number of nitrogens with one attached hydrogen (secondary N) is 1. The second kappa shape index (κ2) is 6.30. The van der Waals surface area contributed by atoms with Gasteiger partial charge in [0.25, 0.3) is 5.78 Å². The van der Waals surface area contributed by atoms with Gasteiger partial charge in [-0.05, 0) is 22.9 Å². The zero-order valence-electron chi connectivity index (χ0n) is 11.9. The molecule has 2 heterocycles. The van der Waals surface area contributed by atoms with Gasteiger partial charge in [0.2, 0.25) is 11.6 Å². The number of rotatable bonds is 6. The van der Waals surface area contributed by atoms with Gasteiger partial charge in [0.1, 0.15) is 5.82 Å². The van der Waals surface area contributed by atoms with Crippen molar-refractivity contribution in [2.24, 2.45) is 0 Å². The van der Waals surface area contributed by atoms with E-state index in [0.717, 1.165) is 0 Å². The zero-order chi connectivity index (χ0) is 16.2. The summed E-state index contributed by atoms with van der Waals surface area (Å²) in [7, 11) is 0. The van der Waals surface area contributed by atoms with Crippen LogP contribution in [0, 0.1) is 5.82 Å². The lowest BCUT2D eigenvalue weighted by molar-refractivity contribution is -0.114. The number of ketones is 2. The third-order valence-electron chi connectivity index (χ3n) is 3.29. The highest BCUT2D eigenvalue weighted by Crippen LogP contribution is 2.11. The predicted octanol–water partition coefficient (Wildman–Crippen LogP) is 1.18. The van der Waals surface area contributed by atoms with Crippen LogP contribution in [0.15, 0.2) is 42.7 Å². The lowest BCUT2D eigenvalue weighted by atomic mass is 10.1. The largest absolute Gasteiger partial charge is 0.349 e. The molecule has 1 aromatic carbocycles. The van der Waals surface area contributed by atoms with E-state index < -0.39 is 11.6 Å². The van der Waals surface area contributed by atoms with Crippen molar-refractivity contribution in [3.63, 3.8) is 0 Å². The maximum Gasteiger partial charge on any atom is 0.269 e. The van der Waals surface area contributed by atoms with Crippen LogP contribution in [0.2, 0.25) is 0 Å². The van der Waals surface area contributed by atoms with Gasteiger partial charge in [-0.3, -0.25) is 9.59 Å². The average molecular weight is 313 g/mol. The van der Waals surface area contributed by atoms with Crippen molar-refractivity contribution >= 4 is 11.6 Å². The van der Waals surface area contributed by atoms with Crippen molar-refractivity contribution in [1.29, 1.82) is 0 Å². The van der Waals surface area contributed by atoms with Gasteiger partial charge in [0.05, 0.1) is 0 Å². The number of H-pyrrole nitrogens is 1. The molecule has 0 aliphatic rings. The molecule has 1 N–H and O–H groups in total. The van der Waals surface area contributed by atoms with Gasteiger partial charge in [-0.25, -0.2) is 4.39 Å². The van der Waals surface area contributed by atoms with Gasteiger partial charge in [0, 0.05) is 30.9 Å². The van der Waals surface area contributed by atoms with E-state index in [-0.39, 0.29) is 18.1 Å². The summed E-state index contributed by atoms with van der Waals surface area (Å²) in [5.41, 5.74) is 1.20. The highest BCUT2D eigenvalue weighted by atomic mass is 19.1. The Morgan fingerprint density at radius 3 is 2.78 bits per heavy atom. The topological polar surface area (TPSA) is 93.5 Å². The number of halogens is 1. The van der Waals surface area contributed by atoms with E-state index in [9.17, 15) is 14.0 Å². The van der Waals surface area contributed by atoms with E-state index in [1.54, 1.807) is 41.2 Å². The quantitative estimate of drug-likeness (QED) is 0.545. The van der Waals surface area contributed by atoms with Crippen LogP contribution < -0.4 is 0 Å². The SMILES string of the molecule is O=C(Cc1ccn(Cc2ccccc2F)c1)C(=O)c1nn[nH]n1. The molecule has 0 unspecified atom stereocenters. The molecule has 0 saturated heterocycles. The molecule has 8 heteroatoms. The first-order chi connectivity index (χ1) is 11.1. The molecule has 116 valence electrons. The van der Waals surface area contributed by atoms with Gasteiger partial charge in [-0.2, -0.15) is 5.21 Å². The molecule has 0 spiro atoms. The summed E-state index contributed by atoms with van der Waals surface area (Å²) in [6, 6.07) is 8.19. The van der Waals surface area contributed by atoms with Gasteiger partial charge in [-0.1, -0.05) is 18.2 Å². The fourth-order valence-corrected chi connectivity index (χ4v) is 2.17. The second-order valence-corrected chi connectivity index (χ2v) is 4.95. The summed E-state index contributed by atoms with van der Waals surface area (Å²) < 4.78 is 15.4. The van der Waals surface area contributed by atoms with Crippen LogP contribution in [0.4, 0.5) is 4.39 Å². The Morgan fingerprint density at radius 2 is 2.04 bits per heavy atom. The molecule has 0 aliphatic carbocycles. The second-order valence-electron chi connectivity index (χ2n) is 4.95. The van der Waals surface area contributed by atoms with Crippen molar-refractivity contribution in [1.82, 2.24) is 25.2 Å². The predicted molar refractivity (Wildman–Crippen MR) is 77.2 cm³/mol. The maximum atomic E-state index is 13.6. The fraction of sp³-hybridized carbons (Fsp3) is 0.133. The van der Waals surface area contributed by atoms with Crippen molar-refractivity contribution in [3.8, 4) is 0 Å². The normalized spacial score (nSPS) is 10.7. The summed E-state index contributed by atoms with van der Waals surface area (Å²) in [6.45, 7) is 0.347. The molecule has 3 rings (SSSR count).